The molecule has 0 radical (unpaired) electrons. The molecule has 0 bridgehead atoms. The zero-order chi connectivity index (χ0) is 11.5. The Morgan fingerprint density at radius 2 is 2.12 bits per heavy atom. The van der Waals surface area contributed by atoms with Crippen molar-refractivity contribution in [2.45, 2.75) is 25.3 Å². The van der Waals surface area contributed by atoms with E-state index in [1.807, 2.05) is 0 Å². The highest BCUT2D eigenvalue weighted by molar-refractivity contribution is 5.96. The van der Waals surface area contributed by atoms with Gasteiger partial charge in [-0.15, -0.1) is 0 Å². The van der Waals surface area contributed by atoms with Crippen LogP contribution in [-0.4, -0.2) is 18.4 Å². The molecule has 1 aromatic carbocycles. The summed E-state index contributed by atoms with van der Waals surface area (Å²) in [6.45, 7) is 0.527. The van der Waals surface area contributed by atoms with Crippen LogP contribution in [0.15, 0.2) is 18.2 Å². The summed E-state index contributed by atoms with van der Waals surface area (Å²) in [5.41, 5.74) is -0.155. The average molecular weight is 225 g/mol. The third-order valence-corrected chi connectivity index (χ3v) is 2.61. The molecule has 0 saturated heterocycles. The molecular formula is C12H13F2NO. The van der Waals surface area contributed by atoms with Gasteiger partial charge in [0.05, 0.1) is 5.56 Å². The second-order valence-electron chi connectivity index (χ2n) is 4.00. The van der Waals surface area contributed by atoms with Crippen molar-refractivity contribution in [1.82, 2.24) is 5.32 Å². The van der Waals surface area contributed by atoms with Gasteiger partial charge in [-0.3, -0.25) is 4.79 Å². The standard InChI is InChI=1S/C12H13F2NO/c13-10-3-1-2-9(12(10)14)11(16)6-7-15-8-4-5-8/h1-3,8,15H,4-7H2. The molecular weight excluding hydrogens is 212 g/mol. The van der Waals surface area contributed by atoms with Crippen molar-refractivity contribution in [2.75, 3.05) is 6.54 Å². The van der Waals surface area contributed by atoms with E-state index in [-0.39, 0.29) is 17.8 Å². The van der Waals surface area contributed by atoms with Gasteiger partial charge in [-0.1, -0.05) is 6.07 Å². The Morgan fingerprint density at radius 1 is 1.38 bits per heavy atom. The smallest absolute Gasteiger partial charge is 0.169 e. The van der Waals surface area contributed by atoms with Crippen LogP contribution in [0.1, 0.15) is 29.6 Å². The third kappa shape index (κ3) is 2.64. The fourth-order valence-electron chi connectivity index (χ4n) is 1.53. The van der Waals surface area contributed by atoms with Gasteiger partial charge in [0.1, 0.15) is 0 Å². The van der Waals surface area contributed by atoms with E-state index in [4.69, 9.17) is 0 Å². The predicted octanol–water partition coefficient (Wildman–Crippen LogP) is 2.29. The molecule has 0 spiro atoms. The predicted molar refractivity (Wildman–Crippen MR) is 56.3 cm³/mol. The monoisotopic (exact) mass is 225 g/mol. The molecule has 1 N–H and O–H groups in total. The van der Waals surface area contributed by atoms with Gasteiger partial charge < -0.3 is 5.32 Å². The number of Topliss-reactive ketones (excluding diaryl/α,β-unsaturated/α-hetero) is 1. The summed E-state index contributed by atoms with van der Waals surface area (Å²) >= 11 is 0. The number of carbonyl (C=O) groups is 1. The molecule has 0 atom stereocenters. The molecule has 0 unspecified atom stereocenters. The first-order chi connectivity index (χ1) is 7.68. The molecule has 1 fully saturated rings. The Labute approximate surface area is 92.7 Å². The second kappa shape index (κ2) is 4.70. The Kier molecular flexibility index (Phi) is 3.29. The molecule has 0 amide bonds. The number of rotatable bonds is 5. The highest BCUT2D eigenvalue weighted by Gasteiger charge is 2.21. The molecule has 1 aliphatic rings. The van der Waals surface area contributed by atoms with Crippen molar-refractivity contribution >= 4 is 5.78 Å². The minimum Gasteiger partial charge on any atom is -0.314 e. The maximum Gasteiger partial charge on any atom is 0.169 e. The van der Waals surface area contributed by atoms with Crippen LogP contribution in [0.25, 0.3) is 0 Å². The molecule has 2 rings (SSSR count). The van der Waals surface area contributed by atoms with Crippen molar-refractivity contribution in [3.05, 3.63) is 35.4 Å². The van der Waals surface area contributed by atoms with Crippen LogP contribution < -0.4 is 5.32 Å². The van der Waals surface area contributed by atoms with Crippen LogP contribution in [-0.2, 0) is 0 Å². The van der Waals surface area contributed by atoms with Gasteiger partial charge in [-0.05, 0) is 25.0 Å². The highest BCUT2D eigenvalue weighted by Crippen LogP contribution is 2.18. The zero-order valence-electron chi connectivity index (χ0n) is 8.80. The van der Waals surface area contributed by atoms with Crippen LogP contribution in [0.5, 0.6) is 0 Å². The number of halogens is 2. The number of carbonyl (C=O) groups excluding carboxylic acids is 1. The summed E-state index contributed by atoms with van der Waals surface area (Å²) in [4.78, 5) is 11.6. The SMILES string of the molecule is O=C(CCNC1CC1)c1cccc(F)c1F. The minimum absolute atomic E-state index is 0.155. The van der Waals surface area contributed by atoms with Gasteiger partial charge in [0.15, 0.2) is 17.4 Å². The van der Waals surface area contributed by atoms with Crippen LogP contribution in [0.2, 0.25) is 0 Å². The van der Waals surface area contributed by atoms with Crippen LogP contribution >= 0.6 is 0 Å². The summed E-state index contributed by atoms with van der Waals surface area (Å²) in [6, 6.07) is 4.19. The van der Waals surface area contributed by atoms with Crippen molar-refractivity contribution in [1.29, 1.82) is 0 Å². The largest absolute Gasteiger partial charge is 0.314 e. The first-order valence-corrected chi connectivity index (χ1v) is 5.39. The Morgan fingerprint density at radius 3 is 2.81 bits per heavy atom. The third-order valence-electron chi connectivity index (χ3n) is 2.61. The summed E-state index contributed by atoms with van der Waals surface area (Å²) in [5.74, 6) is -2.37. The lowest BCUT2D eigenvalue weighted by Crippen LogP contribution is -2.20. The summed E-state index contributed by atoms with van der Waals surface area (Å²) < 4.78 is 26.1. The number of ketones is 1. The molecule has 2 nitrogen and oxygen atoms in total. The van der Waals surface area contributed by atoms with E-state index in [2.05, 4.69) is 5.32 Å². The second-order valence-corrected chi connectivity index (χ2v) is 4.00. The van der Waals surface area contributed by atoms with E-state index in [1.54, 1.807) is 0 Å². The molecule has 0 heterocycles. The van der Waals surface area contributed by atoms with Crippen molar-refractivity contribution in [3.8, 4) is 0 Å². The van der Waals surface area contributed by atoms with Gasteiger partial charge in [0, 0.05) is 19.0 Å². The number of benzene rings is 1. The molecule has 0 aromatic heterocycles. The first-order valence-electron chi connectivity index (χ1n) is 5.39. The fraction of sp³-hybridized carbons (Fsp3) is 0.417. The van der Waals surface area contributed by atoms with E-state index in [9.17, 15) is 13.6 Å². The fourth-order valence-corrected chi connectivity index (χ4v) is 1.53. The van der Waals surface area contributed by atoms with E-state index in [0.29, 0.717) is 12.6 Å². The first kappa shape index (κ1) is 11.2. The normalized spacial score (nSPS) is 15.1. The number of hydrogen-bond donors (Lipinski definition) is 1. The summed E-state index contributed by atoms with van der Waals surface area (Å²) in [7, 11) is 0. The maximum atomic E-state index is 13.2. The number of hydrogen-bond acceptors (Lipinski definition) is 2. The lowest BCUT2D eigenvalue weighted by atomic mass is 10.1. The molecule has 4 heteroatoms. The lowest BCUT2D eigenvalue weighted by molar-refractivity contribution is 0.0977. The molecule has 1 aromatic rings. The summed E-state index contributed by atoms with van der Waals surface area (Å²) in [5, 5.41) is 3.15. The Bertz CT molecular complexity index is 402. The number of nitrogens with one attached hydrogen (secondary N) is 1. The lowest BCUT2D eigenvalue weighted by Gasteiger charge is -2.04. The zero-order valence-corrected chi connectivity index (χ0v) is 8.80. The van der Waals surface area contributed by atoms with Gasteiger partial charge >= 0.3 is 0 Å². The quantitative estimate of drug-likeness (QED) is 0.779. The van der Waals surface area contributed by atoms with E-state index in [0.717, 1.165) is 18.9 Å². The van der Waals surface area contributed by atoms with Crippen LogP contribution in [0.4, 0.5) is 8.78 Å². The van der Waals surface area contributed by atoms with Gasteiger partial charge in [-0.25, -0.2) is 8.78 Å². The maximum absolute atomic E-state index is 13.2. The van der Waals surface area contributed by atoms with E-state index in [1.165, 1.54) is 12.1 Å². The topological polar surface area (TPSA) is 29.1 Å². The highest BCUT2D eigenvalue weighted by atomic mass is 19.2. The van der Waals surface area contributed by atoms with Crippen LogP contribution in [0.3, 0.4) is 0 Å². The Balaban J connectivity index is 1.93. The molecule has 16 heavy (non-hydrogen) atoms. The molecule has 86 valence electrons. The summed E-state index contributed by atoms with van der Waals surface area (Å²) in [6.07, 6.45) is 2.49. The minimum atomic E-state index is -1.04. The van der Waals surface area contributed by atoms with Gasteiger partial charge in [0.25, 0.3) is 0 Å². The Hall–Kier alpha value is -1.29. The van der Waals surface area contributed by atoms with Gasteiger partial charge in [-0.2, -0.15) is 0 Å². The molecule has 1 saturated carbocycles. The van der Waals surface area contributed by atoms with Crippen molar-refractivity contribution in [2.24, 2.45) is 0 Å². The molecule has 0 aliphatic heterocycles. The van der Waals surface area contributed by atoms with Gasteiger partial charge in [0.2, 0.25) is 0 Å². The van der Waals surface area contributed by atoms with Crippen LogP contribution in [0, 0.1) is 11.6 Å². The van der Waals surface area contributed by atoms with E-state index < -0.39 is 11.6 Å². The van der Waals surface area contributed by atoms with E-state index >= 15 is 0 Å². The van der Waals surface area contributed by atoms with Crippen molar-refractivity contribution in [3.63, 3.8) is 0 Å². The van der Waals surface area contributed by atoms with Crippen molar-refractivity contribution < 1.29 is 13.6 Å². The molecule has 1 aliphatic carbocycles. The average Bonchev–Trinajstić information content (AvgIpc) is 3.06.